The average molecular weight is 463 g/mol. The van der Waals surface area contributed by atoms with E-state index in [4.69, 9.17) is 0 Å². The Hall–Kier alpha value is -2.34. The number of nitro benzene ring substituents is 1. The Morgan fingerprint density at radius 1 is 1.21 bits per heavy atom. The van der Waals surface area contributed by atoms with Crippen LogP contribution in [-0.4, -0.2) is 25.5 Å². The summed E-state index contributed by atoms with van der Waals surface area (Å²) < 4.78 is 1.78. The highest BCUT2D eigenvalue weighted by atomic mass is 79.9. The van der Waals surface area contributed by atoms with Gasteiger partial charge in [0.1, 0.15) is 18.4 Å². The molecular formula is C12H9Br2N5O5. The Balaban J connectivity index is 2.22. The van der Waals surface area contributed by atoms with Gasteiger partial charge in [0.15, 0.2) is 0 Å². The van der Waals surface area contributed by atoms with E-state index in [9.17, 15) is 25.0 Å². The first-order valence-corrected chi connectivity index (χ1v) is 7.92. The lowest BCUT2D eigenvalue weighted by Gasteiger charge is -2.14. The van der Waals surface area contributed by atoms with E-state index in [1.165, 1.54) is 19.1 Å². The van der Waals surface area contributed by atoms with Gasteiger partial charge >= 0.3 is 5.69 Å². The summed E-state index contributed by atoms with van der Waals surface area (Å²) in [4.78, 5) is 32.6. The van der Waals surface area contributed by atoms with E-state index in [2.05, 4.69) is 42.3 Å². The molecule has 0 saturated heterocycles. The number of nitrogens with zero attached hydrogens (tertiary/aromatic N) is 4. The van der Waals surface area contributed by atoms with Gasteiger partial charge in [-0.25, -0.2) is 0 Å². The summed E-state index contributed by atoms with van der Waals surface area (Å²) in [5.74, 6) is -0.497. The number of hydrogen-bond acceptors (Lipinski definition) is 6. The van der Waals surface area contributed by atoms with Crippen LogP contribution in [0, 0.1) is 20.2 Å². The molecule has 0 bridgehead atoms. The van der Waals surface area contributed by atoms with Crippen molar-refractivity contribution >= 4 is 54.8 Å². The second-order valence-corrected chi connectivity index (χ2v) is 6.35. The standard InChI is InChI=1S/C12H9Br2N5O5/c1-6(17-5-8(4-15-17)19(23)24)12(20)16-11-9(13)2-7(18(21)22)3-10(11)14/h2-6H,1H3,(H,16,20). The number of amides is 1. The number of rotatable bonds is 5. The molecular weight excluding hydrogens is 454 g/mol. The second-order valence-electron chi connectivity index (χ2n) is 4.64. The van der Waals surface area contributed by atoms with Crippen LogP contribution in [0.2, 0.25) is 0 Å². The van der Waals surface area contributed by atoms with E-state index in [1.807, 2.05) is 0 Å². The topological polar surface area (TPSA) is 133 Å². The summed E-state index contributed by atoms with van der Waals surface area (Å²) in [6.07, 6.45) is 2.19. The molecule has 1 amide bonds. The molecule has 1 unspecified atom stereocenters. The van der Waals surface area contributed by atoms with Crippen molar-refractivity contribution in [3.8, 4) is 0 Å². The molecule has 12 heteroatoms. The maximum atomic E-state index is 12.3. The number of benzene rings is 1. The number of nitrogens with one attached hydrogen (secondary N) is 1. The summed E-state index contributed by atoms with van der Waals surface area (Å²) in [5, 5.41) is 27.8. The lowest BCUT2D eigenvalue weighted by Crippen LogP contribution is -2.24. The predicted molar refractivity (Wildman–Crippen MR) is 90.7 cm³/mol. The molecule has 0 aliphatic carbocycles. The van der Waals surface area contributed by atoms with Gasteiger partial charge in [0.2, 0.25) is 5.91 Å². The minimum absolute atomic E-state index is 0.150. The van der Waals surface area contributed by atoms with E-state index in [0.717, 1.165) is 17.1 Å². The zero-order valence-electron chi connectivity index (χ0n) is 12.0. The van der Waals surface area contributed by atoms with Crippen LogP contribution in [0.3, 0.4) is 0 Å². The molecule has 2 aromatic rings. The Morgan fingerprint density at radius 2 is 1.75 bits per heavy atom. The molecule has 2 rings (SSSR count). The average Bonchev–Trinajstić information content (AvgIpc) is 2.99. The highest BCUT2D eigenvalue weighted by molar-refractivity contribution is 9.11. The van der Waals surface area contributed by atoms with Crippen molar-refractivity contribution < 1.29 is 14.6 Å². The molecule has 1 aromatic heterocycles. The third-order valence-corrected chi connectivity index (χ3v) is 4.31. The number of aromatic nitrogens is 2. The first-order chi connectivity index (χ1) is 11.2. The molecule has 1 N–H and O–H groups in total. The number of anilines is 1. The molecule has 1 heterocycles. The SMILES string of the molecule is CC(C(=O)Nc1c(Br)cc([N+](=O)[O-])cc1Br)n1cc([N+](=O)[O-])cn1. The van der Waals surface area contributed by atoms with Gasteiger partial charge in [-0.2, -0.15) is 5.10 Å². The third-order valence-electron chi connectivity index (χ3n) is 3.06. The summed E-state index contributed by atoms with van der Waals surface area (Å²) in [6, 6.07) is 1.68. The third kappa shape index (κ3) is 3.76. The van der Waals surface area contributed by atoms with E-state index in [-0.39, 0.29) is 11.4 Å². The highest BCUT2D eigenvalue weighted by Gasteiger charge is 2.22. The van der Waals surface area contributed by atoms with E-state index in [0.29, 0.717) is 14.6 Å². The van der Waals surface area contributed by atoms with Crippen molar-refractivity contribution in [2.45, 2.75) is 13.0 Å². The fourth-order valence-corrected chi connectivity index (χ4v) is 3.13. The fourth-order valence-electron chi connectivity index (χ4n) is 1.77. The van der Waals surface area contributed by atoms with Gasteiger partial charge in [-0.3, -0.25) is 29.7 Å². The van der Waals surface area contributed by atoms with Crippen molar-refractivity contribution in [3.05, 3.63) is 53.7 Å². The van der Waals surface area contributed by atoms with Crippen molar-refractivity contribution in [1.29, 1.82) is 0 Å². The largest absolute Gasteiger partial charge is 0.322 e. The number of nitro groups is 2. The maximum absolute atomic E-state index is 12.3. The predicted octanol–water partition coefficient (Wildman–Crippen LogP) is 3.42. The minimum Gasteiger partial charge on any atom is -0.322 e. The Labute approximate surface area is 151 Å². The molecule has 0 aliphatic rings. The van der Waals surface area contributed by atoms with Crippen LogP contribution >= 0.6 is 31.9 Å². The first-order valence-electron chi connectivity index (χ1n) is 6.33. The zero-order chi connectivity index (χ0) is 18.0. The van der Waals surface area contributed by atoms with E-state index in [1.54, 1.807) is 0 Å². The van der Waals surface area contributed by atoms with Crippen LogP contribution in [0.1, 0.15) is 13.0 Å². The normalized spacial score (nSPS) is 11.8. The number of carbonyl (C=O) groups excluding carboxylic acids is 1. The van der Waals surface area contributed by atoms with Crippen LogP contribution in [0.5, 0.6) is 0 Å². The molecule has 1 aromatic carbocycles. The highest BCUT2D eigenvalue weighted by Crippen LogP contribution is 2.35. The summed E-state index contributed by atoms with van der Waals surface area (Å²) in [5.41, 5.74) is -0.0750. The number of hydrogen-bond donors (Lipinski definition) is 1. The van der Waals surface area contributed by atoms with E-state index >= 15 is 0 Å². The molecule has 126 valence electrons. The van der Waals surface area contributed by atoms with Gasteiger partial charge in [-0.05, 0) is 38.8 Å². The first kappa shape index (κ1) is 18.0. The molecule has 0 fully saturated rings. The zero-order valence-corrected chi connectivity index (χ0v) is 15.1. The van der Waals surface area contributed by atoms with Crippen molar-refractivity contribution in [2.75, 3.05) is 5.32 Å². The lowest BCUT2D eigenvalue weighted by atomic mass is 10.2. The quantitative estimate of drug-likeness (QED) is 0.534. The van der Waals surface area contributed by atoms with Crippen LogP contribution in [0.4, 0.5) is 17.1 Å². The summed E-state index contributed by atoms with van der Waals surface area (Å²) in [6.45, 7) is 1.51. The van der Waals surface area contributed by atoms with Crippen molar-refractivity contribution in [1.82, 2.24) is 9.78 Å². The lowest BCUT2D eigenvalue weighted by molar-refractivity contribution is -0.385. The Bertz CT molecular complexity index is 814. The minimum atomic E-state index is -0.826. The monoisotopic (exact) mass is 461 g/mol. The van der Waals surface area contributed by atoms with Gasteiger partial charge in [-0.1, -0.05) is 0 Å². The fraction of sp³-hybridized carbons (Fsp3) is 0.167. The number of carbonyl (C=O) groups is 1. The van der Waals surface area contributed by atoms with Gasteiger partial charge in [-0.15, -0.1) is 0 Å². The van der Waals surface area contributed by atoms with Crippen molar-refractivity contribution in [2.24, 2.45) is 0 Å². The van der Waals surface area contributed by atoms with Gasteiger partial charge in [0.05, 0.1) is 15.5 Å². The Morgan fingerprint density at radius 3 is 2.21 bits per heavy atom. The molecule has 10 nitrogen and oxygen atoms in total. The molecule has 0 radical (unpaired) electrons. The number of non-ortho nitro benzene ring substituents is 1. The van der Waals surface area contributed by atoms with Gasteiger partial charge in [0, 0.05) is 21.1 Å². The van der Waals surface area contributed by atoms with Crippen LogP contribution in [-0.2, 0) is 4.79 Å². The van der Waals surface area contributed by atoms with Crippen molar-refractivity contribution in [3.63, 3.8) is 0 Å². The van der Waals surface area contributed by atoms with Crippen LogP contribution < -0.4 is 5.32 Å². The molecule has 0 spiro atoms. The van der Waals surface area contributed by atoms with Gasteiger partial charge in [0.25, 0.3) is 5.69 Å². The van der Waals surface area contributed by atoms with Crippen LogP contribution in [0.25, 0.3) is 0 Å². The van der Waals surface area contributed by atoms with E-state index < -0.39 is 21.8 Å². The number of halogens is 2. The summed E-state index contributed by atoms with van der Waals surface area (Å²) in [7, 11) is 0. The molecule has 0 saturated carbocycles. The summed E-state index contributed by atoms with van der Waals surface area (Å²) >= 11 is 6.32. The maximum Gasteiger partial charge on any atom is 0.307 e. The smallest absolute Gasteiger partial charge is 0.307 e. The second kappa shape index (κ2) is 7.05. The molecule has 1 atom stereocenters. The molecule has 0 aliphatic heterocycles. The van der Waals surface area contributed by atoms with Gasteiger partial charge < -0.3 is 5.32 Å². The van der Waals surface area contributed by atoms with Crippen LogP contribution in [0.15, 0.2) is 33.5 Å². The Kier molecular flexibility index (Phi) is 5.29. The molecule has 24 heavy (non-hydrogen) atoms.